The normalized spacial score (nSPS) is 21.0. The van der Waals surface area contributed by atoms with Crippen molar-refractivity contribution in [1.29, 1.82) is 0 Å². The van der Waals surface area contributed by atoms with Crippen LogP contribution in [-0.4, -0.2) is 16.1 Å². The Kier molecular flexibility index (Phi) is 8.95. The average molecular weight is 434 g/mol. The summed E-state index contributed by atoms with van der Waals surface area (Å²) in [6.07, 6.45) is 17.4. The standard InChI is InChI=1S/C20H23IN2O/c1-4-5-13-18(19(20(22)24)16(2)23(3)21)15-14-17-11-9-7-6-8-10-12-17/h6-13H,4-5H2,1-3H3,(H2,22,24)/b7-6-,8-6?,9-7?,10-8-,11-9-,12-10?,17-11?,17-12+,18-13+,19-16+. The number of hydrogen-bond acceptors (Lipinski definition) is 2. The van der Waals surface area contributed by atoms with Crippen LogP contribution in [0.5, 0.6) is 0 Å². The van der Waals surface area contributed by atoms with Gasteiger partial charge in [0.05, 0.1) is 28.4 Å². The van der Waals surface area contributed by atoms with Gasteiger partial charge < -0.3 is 8.85 Å². The summed E-state index contributed by atoms with van der Waals surface area (Å²) in [4.78, 5) is 12.0. The van der Waals surface area contributed by atoms with Crippen molar-refractivity contribution in [1.82, 2.24) is 3.11 Å². The van der Waals surface area contributed by atoms with Crippen molar-refractivity contribution in [3.05, 3.63) is 71.0 Å². The molecule has 2 N–H and O–H groups in total. The van der Waals surface area contributed by atoms with Gasteiger partial charge in [-0.3, -0.25) is 4.79 Å². The molecule has 0 fully saturated rings. The van der Waals surface area contributed by atoms with Crippen LogP contribution in [-0.2, 0) is 4.79 Å². The lowest BCUT2D eigenvalue weighted by Gasteiger charge is -2.15. The number of amides is 1. The molecule has 0 radical (unpaired) electrons. The van der Waals surface area contributed by atoms with E-state index in [-0.39, 0.29) is 0 Å². The fraction of sp³-hybridized carbons (Fsp3) is 0.250. The zero-order chi connectivity index (χ0) is 17.9. The maximum atomic E-state index is 12.0. The average Bonchev–Trinajstić information content (AvgIpc) is 2.50. The van der Waals surface area contributed by atoms with Gasteiger partial charge in [0.25, 0.3) is 5.91 Å². The van der Waals surface area contributed by atoms with Crippen molar-refractivity contribution >= 4 is 28.8 Å². The van der Waals surface area contributed by atoms with Crippen molar-refractivity contribution in [2.24, 2.45) is 5.73 Å². The number of nitrogens with two attached hydrogens (primary N) is 1. The number of rotatable bonds is 5. The molecule has 1 amide bonds. The van der Waals surface area contributed by atoms with E-state index in [4.69, 9.17) is 5.73 Å². The van der Waals surface area contributed by atoms with Gasteiger partial charge in [0.1, 0.15) is 0 Å². The Bertz CT molecular complexity index is 708. The van der Waals surface area contributed by atoms with Gasteiger partial charge in [-0.2, -0.15) is 0 Å². The number of primary amides is 1. The van der Waals surface area contributed by atoms with Gasteiger partial charge in [-0.1, -0.05) is 61.6 Å². The van der Waals surface area contributed by atoms with Crippen molar-refractivity contribution in [2.75, 3.05) is 7.05 Å². The number of halogens is 1. The van der Waals surface area contributed by atoms with Gasteiger partial charge in [0.15, 0.2) is 0 Å². The van der Waals surface area contributed by atoms with Crippen LogP contribution in [0.4, 0.5) is 0 Å². The molecule has 0 aromatic heterocycles. The Morgan fingerprint density at radius 1 is 1.29 bits per heavy atom. The van der Waals surface area contributed by atoms with Crippen molar-refractivity contribution in [3.8, 4) is 11.8 Å². The fourth-order valence-corrected chi connectivity index (χ4v) is 2.19. The van der Waals surface area contributed by atoms with Crippen molar-refractivity contribution in [2.45, 2.75) is 26.7 Å². The zero-order valence-corrected chi connectivity index (χ0v) is 16.5. The van der Waals surface area contributed by atoms with Gasteiger partial charge >= 0.3 is 0 Å². The molecule has 1 rings (SSSR count). The molecule has 4 heteroatoms. The smallest absolute Gasteiger partial charge is 0.251 e. The molecule has 0 heterocycles. The van der Waals surface area contributed by atoms with Crippen LogP contribution in [0.25, 0.3) is 0 Å². The SMILES string of the molecule is CCC/C=C(C#CC1=C/C=C\C=C/C=C\1)/C(C(N)=O)=C(/C)N(C)I. The summed E-state index contributed by atoms with van der Waals surface area (Å²) < 4.78 is 1.85. The minimum absolute atomic E-state index is 0.460. The van der Waals surface area contributed by atoms with Crippen molar-refractivity contribution < 1.29 is 4.79 Å². The molecule has 0 saturated heterocycles. The first-order valence-electron chi connectivity index (χ1n) is 7.81. The summed E-state index contributed by atoms with van der Waals surface area (Å²) in [5.41, 5.74) is 8.44. The van der Waals surface area contributed by atoms with E-state index < -0.39 is 5.91 Å². The molecule has 1 aliphatic rings. The third-order valence-electron chi connectivity index (χ3n) is 3.31. The minimum atomic E-state index is -0.460. The molecular weight excluding hydrogens is 411 g/mol. The molecule has 0 atom stereocenters. The Labute approximate surface area is 158 Å². The lowest BCUT2D eigenvalue weighted by atomic mass is 10.0. The molecular formula is C20H23IN2O. The lowest BCUT2D eigenvalue weighted by Crippen LogP contribution is -2.20. The summed E-state index contributed by atoms with van der Waals surface area (Å²) in [7, 11) is 1.88. The van der Waals surface area contributed by atoms with Gasteiger partial charge in [-0.25, -0.2) is 0 Å². The summed E-state index contributed by atoms with van der Waals surface area (Å²) >= 11 is 2.12. The third-order valence-corrected chi connectivity index (χ3v) is 4.04. The van der Waals surface area contributed by atoms with Crippen LogP contribution < -0.4 is 5.73 Å². The van der Waals surface area contributed by atoms with E-state index in [0.717, 1.165) is 24.1 Å². The van der Waals surface area contributed by atoms with Crippen molar-refractivity contribution in [3.63, 3.8) is 0 Å². The molecule has 0 bridgehead atoms. The Hall–Kier alpha value is -2.00. The molecule has 3 nitrogen and oxygen atoms in total. The van der Waals surface area contributed by atoms with E-state index in [1.54, 1.807) is 0 Å². The molecule has 0 saturated carbocycles. The predicted molar refractivity (Wildman–Crippen MR) is 110 cm³/mol. The molecule has 1 aliphatic carbocycles. The summed E-state index contributed by atoms with van der Waals surface area (Å²) in [6, 6.07) is 0. The monoisotopic (exact) mass is 434 g/mol. The second kappa shape index (κ2) is 10.7. The van der Waals surface area contributed by atoms with Gasteiger partial charge in [0, 0.05) is 23.9 Å². The second-order valence-corrected chi connectivity index (χ2v) is 6.66. The summed E-state index contributed by atoms with van der Waals surface area (Å²) in [6.45, 7) is 3.96. The van der Waals surface area contributed by atoms with Gasteiger partial charge in [0.2, 0.25) is 0 Å². The van der Waals surface area contributed by atoms with Crippen LogP contribution in [0.3, 0.4) is 0 Å². The Balaban J connectivity index is 3.32. The molecule has 0 aliphatic heterocycles. The van der Waals surface area contributed by atoms with Crippen LogP contribution in [0, 0.1) is 11.8 Å². The molecule has 0 aromatic carbocycles. The lowest BCUT2D eigenvalue weighted by molar-refractivity contribution is -0.114. The largest absolute Gasteiger partial charge is 0.366 e. The summed E-state index contributed by atoms with van der Waals surface area (Å²) in [5, 5.41) is 0. The molecule has 126 valence electrons. The number of unbranched alkanes of at least 4 members (excludes halogenated alkanes) is 1. The van der Waals surface area contributed by atoms with Crippen LogP contribution in [0.15, 0.2) is 71.0 Å². The second-order valence-electron chi connectivity index (χ2n) is 5.21. The zero-order valence-electron chi connectivity index (χ0n) is 14.3. The van der Waals surface area contributed by atoms with E-state index in [2.05, 4.69) is 41.6 Å². The van der Waals surface area contributed by atoms with E-state index in [0.29, 0.717) is 11.1 Å². The number of hydrogen-bond donors (Lipinski definition) is 1. The van der Waals surface area contributed by atoms with Gasteiger partial charge in [-0.15, -0.1) is 0 Å². The maximum absolute atomic E-state index is 12.0. The van der Waals surface area contributed by atoms with Crippen LogP contribution in [0.1, 0.15) is 26.7 Å². The number of carbonyl (C=O) groups excluding carboxylic acids is 1. The topological polar surface area (TPSA) is 46.3 Å². The molecule has 24 heavy (non-hydrogen) atoms. The molecule has 0 unspecified atom stereocenters. The highest BCUT2D eigenvalue weighted by Gasteiger charge is 2.15. The molecule has 0 spiro atoms. The van der Waals surface area contributed by atoms with Crippen LogP contribution in [0.2, 0.25) is 0 Å². The van der Waals surface area contributed by atoms with Gasteiger partial charge in [-0.05, 0) is 25.5 Å². The first-order chi connectivity index (χ1) is 11.5. The predicted octanol–water partition coefficient (Wildman–Crippen LogP) is 4.37. The first-order valence-corrected chi connectivity index (χ1v) is 8.78. The summed E-state index contributed by atoms with van der Waals surface area (Å²) in [5.74, 6) is 5.81. The Morgan fingerprint density at radius 2 is 1.96 bits per heavy atom. The minimum Gasteiger partial charge on any atom is -0.366 e. The Morgan fingerprint density at radius 3 is 2.58 bits per heavy atom. The molecule has 0 aromatic rings. The number of nitrogens with zero attached hydrogens (tertiary/aromatic N) is 1. The van der Waals surface area contributed by atoms with E-state index in [1.807, 2.05) is 65.7 Å². The third kappa shape index (κ3) is 6.63. The number of allylic oxidation sites excluding steroid dienone is 10. The highest BCUT2D eigenvalue weighted by molar-refractivity contribution is 14.1. The first kappa shape index (κ1) is 20.0. The highest BCUT2D eigenvalue weighted by atomic mass is 127. The van der Waals surface area contributed by atoms with E-state index in [1.165, 1.54) is 0 Å². The van der Waals surface area contributed by atoms with E-state index >= 15 is 0 Å². The van der Waals surface area contributed by atoms with E-state index in [9.17, 15) is 4.79 Å². The quantitative estimate of drug-likeness (QED) is 0.230. The maximum Gasteiger partial charge on any atom is 0.251 e. The highest BCUT2D eigenvalue weighted by Crippen LogP contribution is 2.20. The number of carbonyl (C=O) groups is 1. The van der Waals surface area contributed by atoms with Crippen LogP contribution >= 0.6 is 22.9 Å². The fourth-order valence-electron chi connectivity index (χ4n) is 1.95.